The number of nitrogens with one attached hydrogen (secondary N) is 1. The van der Waals surface area contributed by atoms with Crippen LogP contribution in [0.5, 0.6) is 5.75 Å². The smallest absolute Gasteiger partial charge is 0.416 e. The molecule has 0 amide bonds. The van der Waals surface area contributed by atoms with Crippen LogP contribution in [0.2, 0.25) is 0 Å². The summed E-state index contributed by atoms with van der Waals surface area (Å²) in [6, 6.07) is 4.04. The first kappa shape index (κ1) is 18.7. The number of aromatic nitrogens is 2. The predicted molar refractivity (Wildman–Crippen MR) is 103 cm³/mol. The maximum absolute atomic E-state index is 13.0. The number of nitrogens with zero attached hydrogens (tertiary/aromatic N) is 3. The van der Waals surface area contributed by atoms with Gasteiger partial charge in [-0.25, -0.2) is 0 Å². The van der Waals surface area contributed by atoms with Gasteiger partial charge in [-0.05, 0) is 62.8 Å². The molecule has 1 aromatic heterocycles. The van der Waals surface area contributed by atoms with Gasteiger partial charge in [-0.15, -0.1) is 10.2 Å². The number of alkyl halides is 3. The summed E-state index contributed by atoms with van der Waals surface area (Å²) in [6.45, 7) is 3.36. The molecule has 8 heteroatoms. The van der Waals surface area contributed by atoms with Gasteiger partial charge < -0.3 is 15.3 Å². The minimum absolute atomic E-state index is 0.307. The van der Waals surface area contributed by atoms with Gasteiger partial charge >= 0.3 is 6.18 Å². The number of hydrogen-bond acceptors (Lipinski definition) is 5. The molecule has 1 saturated carbocycles. The van der Waals surface area contributed by atoms with E-state index in [-0.39, 0.29) is 0 Å². The van der Waals surface area contributed by atoms with Crippen LogP contribution in [0, 0.1) is 6.92 Å². The SMILES string of the molecule is Cc1cc(C(F)(F)F)cc(O)c1-c1cc2c(nn1)N([C@@H]1CCC3(CC3)NC1)CC2. The summed E-state index contributed by atoms with van der Waals surface area (Å²) < 4.78 is 39.0. The lowest BCUT2D eigenvalue weighted by Gasteiger charge is -2.36. The van der Waals surface area contributed by atoms with Crippen molar-refractivity contribution in [2.24, 2.45) is 0 Å². The van der Waals surface area contributed by atoms with Gasteiger partial charge in [0.1, 0.15) is 5.75 Å². The van der Waals surface area contributed by atoms with Crippen molar-refractivity contribution in [1.29, 1.82) is 0 Å². The number of fused-ring (bicyclic) bond motifs is 1. The fourth-order valence-corrected chi connectivity index (χ4v) is 4.75. The lowest BCUT2D eigenvalue weighted by Crippen LogP contribution is -2.50. The van der Waals surface area contributed by atoms with Crippen LogP contribution in [0.4, 0.5) is 19.0 Å². The van der Waals surface area contributed by atoms with E-state index in [0.29, 0.717) is 28.4 Å². The van der Waals surface area contributed by atoms with Crippen molar-refractivity contribution in [3.05, 3.63) is 34.9 Å². The Morgan fingerprint density at radius 3 is 2.59 bits per heavy atom. The summed E-state index contributed by atoms with van der Waals surface area (Å²) in [5.41, 5.74) is 1.60. The highest BCUT2D eigenvalue weighted by molar-refractivity contribution is 5.73. The van der Waals surface area contributed by atoms with E-state index in [4.69, 9.17) is 0 Å². The van der Waals surface area contributed by atoms with Gasteiger partial charge in [0.2, 0.25) is 0 Å². The van der Waals surface area contributed by atoms with E-state index in [1.54, 1.807) is 6.92 Å². The van der Waals surface area contributed by atoms with Crippen LogP contribution in [0.3, 0.4) is 0 Å². The van der Waals surface area contributed by atoms with Crippen LogP contribution >= 0.6 is 0 Å². The maximum Gasteiger partial charge on any atom is 0.416 e. The fraction of sp³-hybridized carbons (Fsp3) is 0.524. The first-order valence-corrected chi connectivity index (χ1v) is 10.1. The molecular weight excluding hydrogens is 381 g/mol. The van der Waals surface area contributed by atoms with Crippen LogP contribution in [0.25, 0.3) is 11.3 Å². The third kappa shape index (κ3) is 3.23. The Morgan fingerprint density at radius 1 is 1.17 bits per heavy atom. The van der Waals surface area contributed by atoms with Gasteiger partial charge in [-0.1, -0.05) is 0 Å². The molecule has 3 heterocycles. The highest BCUT2D eigenvalue weighted by Gasteiger charge is 2.46. The van der Waals surface area contributed by atoms with Crippen LogP contribution in [-0.4, -0.2) is 40.0 Å². The predicted octanol–water partition coefficient (Wildman–Crippen LogP) is 3.82. The molecule has 0 bridgehead atoms. The quantitative estimate of drug-likeness (QED) is 0.797. The molecule has 2 aliphatic heterocycles. The first-order chi connectivity index (χ1) is 13.8. The Labute approximate surface area is 166 Å². The summed E-state index contributed by atoms with van der Waals surface area (Å²) >= 11 is 0. The standard InChI is InChI=1S/C21H23F3N4O/c1-12-8-14(21(22,23)24)10-17(29)18(12)16-9-13-3-7-28(19(13)27-26-16)15-2-4-20(5-6-20)25-11-15/h8-10,15,25,29H,2-7,11H2,1H3/t15-/m1/s1. The van der Waals surface area contributed by atoms with Gasteiger partial charge in [-0.3, -0.25) is 0 Å². The molecule has 2 fully saturated rings. The number of aryl methyl sites for hydroxylation is 1. The molecule has 1 spiro atoms. The van der Waals surface area contributed by atoms with Gasteiger partial charge in [0.15, 0.2) is 5.82 Å². The molecule has 0 radical (unpaired) electrons. The van der Waals surface area contributed by atoms with Gasteiger partial charge in [0, 0.05) is 35.8 Å². The van der Waals surface area contributed by atoms with E-state index in [1.165, 1.54) is 19.3 Å². The highest BCUT2D eigenvalue weighted by Crippen LogP contribution is 2.44. The molecule has 1 aromatic carbocycles. The molecule has 3 aliphatic rings. The normalized spacial score (nSPS) is 22.8. The van der Waals surface area contributed by atoms with Crippen LogP contribution in [-0.2, 0) is 12.6 Å². The number of piperidine rings is 1. The van der Waals surface area contributed by atoms with Crippen molar-refractivity contribution in [2.75, 3.05) is 18.0 Å². The van der Waals surface area contributed by atoms with Crippen molar-refractivity contribution >= 4 is 5.82 Å². The minimum Gasteiger partial charge on any atom is -0.507 e. The van der Waals surface area contributed by atoms with Crippen molar-refractivity contribution < 1.29 is 18.3 Å². The Bertz CT molecular complexity index is 938. The monoisotopic (exact) mass is 404 g/mol. The second-order valence-electron chi connectivity index (χ2n) is 8.56. The minimum atomic E-state index is -4.50. The molecule has 1 saturated heterocycles. The van der Waals surface area contributed by atoms with Gasteiger partial charge in [0.25, 0.3) is 0 Å². The molecule has 5 rings (SSSR count). The van der Waals surface area contributed by atoms with E-state index >= 15 is 0 Å². The van der Waals surface area contributed by atoms with E-state index in [2.05, 4.69) is 20.4 Å². The highest BCUT2D eigenvalue weighted by atomic mass is 19.4. The molecule has 5 nitrogen and oxygen atoms in total. The molecule has 1 aliphatic carbocycles. The number of phenolic OH excluding ortho intramolecular Hbond substituents is 1. The number of benzene rings is 1. The lowest BCUT2D eigenvalue weighted by atomic mass is 9.98. The topological polar surface area (TPSA) is 61.3 Å². The van der Waals surface area contributed by atoms with E-state index < -0.39 is 17.5 Å². The number of halogens is 3. The maximum atomic E-state index is 13.0. The van der Waals surface area contributed by atoms with Crippen molar-refractivity contribution in [3.63, 3.8) is 0 Å². The van der Waals surface area contributed by atoms with Gasteiger partial charge in [0.05, 0.1) is 11.3 Å². The van der Waals surface area contributed by atoms with Crippen LogP contribution in [0.15, 0.2) is 18.2 Å². The van der Waals surface area contributed by atoms with Crippen molar-refractivity contribution in [3.8, 4) is 17.0 Å². The number of rotatable bonds is 2. The summed E-state index contributed by atoms with van der Waals surface area (Å²) in [7, 11) is 0. The Kier molecular flexibility index (Phi) is 4.07. The molecular formula is C21H23F3N4O. The number of hydrogen-bond donors (Lipinski definition) is 2. The van der Waals surface area contributed by atoms with E-state index in [1.807, 2.05) is 6.07 Å². The fourth-order valence-electron chi connectivity index (χ4n) is 4.75. The first-order valence-electron chi connectivity index (χ1n) is 10.1. The summed E-state index contributed by atoms with van der Waals surface area (Å²) in [5, 5.41) is 22.6. The third-order valence-electron chi connectivity index (χ3n) is 6.61. The van der Waals surface area contributed by atoms with E-state index in [9.17, 15) is 18.3 Å². The average molecular weight is 404 g/mol. The van der Waals surface area contributed by atoms with Gasteiger partial charge in [-0.2, -0.15) is 13.2 Å². The molecule has 2 N–H and O–H groups in total. The molecule has 1 atom stereocenters. The van der Waals surface area contributed by atoms with Crippen molar-refractivity contribution in [2.45, 2.75) is 56.8 Å². The number of phenols is 1. The zero-order chi connectivity index (χ0) is 20.4. The summed E-state index contributed by atoms with van der Waals surface area (Å²) in [6.07, 6.45) is 1.19. The summed E-state index contributed by atoms with van der Waals surface area (Å²) in [5.74, 6) is 0.434. The Balaban J connectivity index is 1.42. The lowest BCUT2D eigenvalue weighted by molar-refractivity contribution is -0.137. The van der Waals surface area contributed by atoms with E-state index in [0.717, 1.165) is 49.4 Å². The van der Waals surface area contributed by atoms with Crippen molar-refractivity contribution in [1.82, 2.24) is 15.5 Å². The van der Waals surface area contributed by atoms with Crippen LogP contribution < -0.4 is 10.2 Å². The molecule has 154 valence electrons. The number of anilines is 1. The summed E-state index contributed by atoms with van der Waals surface area (Å²) in [4.78, 5) is 2.30. The zero-order valence-electron chi connectivity index (χ0n) is 16.2. The third-order valence-corrected chi connectivity index (χ3v) is 6.61. The Morgan fingerprint density at radius 2 is 1.97 bits per heavy atom. The van der Waals surface area contributed by atoms with Crippen LogP contribution in [0.1, 0.15) is 42.4 Å². The zero-order valence-corrected chi connectivity index (χ0v) is 16.2. The number of aromatic hydroxyl groups is 1. The molecule has 2 aromatic rings. The molecule has 0 unspecified atom stereocenters. The molecule has 29 heavy (non-hydrogen) atoms. The Hall–Kier alpha value is -2.35. The largest absolute Gasteiger partial charge is 0.507 e. The second kappa shape index (κ2) is 6.32. The second-order valence-corrected chi connectivity index (χ2v) is 8.56. The average Bonchev–Trinajstić information content (AvgIpc) is 3.28.